The van der Waals surface area contributed by atoms with Crippen LogP contribution in [0.15, 0.2) is 47.2 Å². The molecule has 2 aliphatic rings. The van der Waals surface area contributed by atoms with Crippen LogP contribution in [0.1, 0.15) is 31.0 Å². The van der Waals surface area contributed by atoms with Crippen LogP contribution in [-0.4, -0.2) is 45.4 Å². The molecule has 7 heteroatoms. The molecule has 156 valence electrons. The van der Waals surface area contributed by atoms with Gasteiger partial charge in [-0.3, -0.25) is 14.6 Å². The maximum absolute atomic E-state index is 13.2. The molecular weight excluding hydrogens is 396 g/mol. The fourth-order valence-corrected chi connectivity index (χ4v) is 5.49. The van der Waals surface area contributed by atoms with Crippen LogP contribution < -0.4 is 5.32 Å². The van der Waals surface area contributed by atoms with Gasteiger partial charge in [-0.15, -0.1) is 0 Å². The van der Waals surface area contributed by atoms with Crippen LogP contribution in [0.25, 0.3) is 10.9 Å². The number of benzene rings is 1. The summed E-state index contributed by atoms with van der Waals surface area (Å²) in [5, 5.41) is 8.20. The molecule has 0 radical (unpaired) electrons. The van der Waals surface area contributed by atoms with E-state index >= 15 is 0 Å². The Bertz CT molecular complexity index is 1040. The quantitative estimate of drug-likeness (QED) is 0.612. The second kappa shape index (κ2) is 7.56. The predicted octanol–water partition coefficient (Wildman–Crippen LogP) is 3.95. The summed E-state index contributed by atoms with van der Waals surface area (Å²) in [6, 6.07) is 12.2. The standard InChI is InChI=1S/C23H26N4O2S/c1-23(21(28)27(22(29)25-23)13-16-8-11-30-15-16)18-6-9-26(10-7-18)14-19-12-17-4-2-3-5-20(17)24-19/h2-5,8,11-12,15,18,24H,6-7,9-10,13-14H2,1H3,(H,25,29). The monoisotopic (exact) mass is 422 g/mol. The van der Waals surface area contributed by atoms with E-state index in [9.17, 15) is 9.59 Å². The predicted molar refractivity (Wildman–Crippen MR) is 118 cm³/mol. The Labute approximate surface area is 179 Å². The summed E-state index contributed by atoms with van der Waals surface area (Å²) in [6.45, 7) is 4.97. The largest absolute Gasteiger partial charge is 0.357 e. The number of para-hydroxylation sites is 1. The van der Waals surface area contributed by atoms with Crippen molar-refractivity contribution in [3.05, 3.63) is 58.4 Å². The Kier molecular flexibility index (Phi) is 4.87. The molecule has 0 aliphatic carbocycles. The number of aromatic amines is 1. The summed E-state index contributed by atoms with van der Waals surface area (Å²) in [4.78, 5) is 33.0. The number of urea groups is 1. The zero-order valence-corrected chi connectivity index (χ0v) is 17.9. The molecule has 1 atom stereocenters. The number of fused-ring (bicyclic) bond motifs is 1. The van der Waals surface area contributed by atoms with Gasteiger partial charge in [-0.05, 0) is 78.7 Å². The number of imide groups is 1. The number of hydrogen-bond donors (Lipinski definition) is 2. The van der Waals surface area contributed by atoms with Crippen molar-refractivity contribution in [3.8, 4) is 0 Å². The summed E-state index contributed by atoms with van der Waals surface area (Å²) < 4.78 is 0. The first-order valence-electron chi connectivity index (χ1n) is 10.5. The van der Waals surface area contributed by atoms with Gasteiger partial charge in [0.2, 0.25) is 0 Å². The van der Waals surface area contributed by atoms with Gasteiger partial charge in [0.25, 0.3) is 5.91 Å². The molecule has 2 aliphatic heterocycles. The molecule has 3 aromatic rings. The normalized spacial score (nSPS) is 23.4. The van der Waals surface area contributed by atoms with Gasteiger partial charge in [-0.25, -0.2) is 4.79 Å². The molecule has 0 bridgehead atoms. The second-order valence-electron chi connectivity index (χ2n) is 8.59. The van der Waals surface area contributed by atoms with E-state index in [1.165, 1.54) is 21.5 Å². The Hall–Kier alpha value is -2.64. The SMILES string of the molecule is CC1(C2CCN(Cc3cc4ccccc4[nH]3)CC2)NC(=O)N(Cc2ccsc2)C1=O. The second-order valence-corrected chi connectivity index (χ2v) is 9.37. The number of carbonyl (C=O) groups excluding carboxylic acids is 2. The van der Waals surface area contributed by atoms with E-state index in [2.05, 4.69) is 39.5 Å². The van der Waals surface area contributed by atoms with E-state index in [-0.39, 0.29) is 17.9 Å². The van der Waals surface area contributed by atoms with Crippen LogP contribution in [0.2, 0.25) is 0 Å². The molecule has 2 N–H and O–H groups in total. The van der Waals surface area contributed by atoms with E-state index in [0.29, 0.717) is 6.54 Å². The molecule has 1 aromatic carbocycles. The lowest BCUT2D eigenvalue weighted by atomic mass is 9.79. The highest BCUT2D eigenvalue weighted by atomic mass is 32.1. The lowest BCUT2D eigenvalue weighted by Gasteiger charge is -2.38. The summed E-state index contributed by atoms with van der Waals surface area (Å²) in [6.07, 6.45) is 1.80. The molecule has 2 fully saturated rings. The molecular formula is C23H26N4O2S. The van der Waals surface area contributed by atoms with Crippen LogP contribution in [-0.2, 0) is 17.9 Å². The fraction of sp³-hybridized carbons (Fsp3) is 0.391. The maximum atomic E-state index is 13.2. The third-order valence-corrected chi connectivity index (χ3v) is 7.34. The van der Waals surface area contributed by atoms with Crippen molar-refractivity contribution in [2.75, 3.05) is 13.1 Å². The first-order valence-corrected chi connectivity index (χ1v) is 11.4. The average Bonchev–Trinajstić information content (AvgIpc) is 3.45. The number of nitrogens with zero attached hydrogens (tertiary/aromatic N) is 2. The van der Waals surface area contributed by atoms with Gasteiger partial charge in [0.1, 0.15) is 5.54 Å². The molecule has 4 heterocycles. The van der Waals surface area contributed by atoms with Gasteiger partial charge >= 0.3 is 6.03 Å². The molecule has 6 nitrogen and oxygen atoms in total. The van der Waals surface area contributed by atoms with E-state index in [1.807, 2.05) is 29.8 Å². The molecule has 5 rings (SSSR count). The van der Waals surface area contributed by atoms with Gasteiger partial charge < -0.3 is 10.3 Å². The third kappa shape index (κ3) is 3.42. The van der Waals surface area contributed by atoms with E-state index in [0.717, 1.165) is 38.0 Å². The Balaban J connectivity index is 1.22. The third-order valence-electron chi connectivity index (χ3n) is 6.61. The van der Waals surface area contributed by atoms with Gasteiger partial charge in [0, 0.05) is 17.8 Å². The van der Waals surface area contributed by atoms with Crippen LogP contribution in [0.5, 0.6) is 0 Å². The highest BCUT2D eigenvalue weighted by Gasteiger charge is 2.52. The molecule has 1 unspecified atom stereocenters. The number of rotatable bonds is 5. The molecule has 2 saturated heterocycles. The zero-order valence-electron chi connectivity index (χ0n) is 17.1. The first kappa shape index (κ1) is 19.3. The van der Waals surface area contributed by atoms with E-state index < -0.39 is 5.54 Å². The highest BCUT2D eigenvalue weighted by molar-refractivity contribution is 7.07. The molecule has 0 saturated carbocycles. The van der Waals surface area contributed by atoms with Crippen molar-refractivity contribution in [1.82, 2.24) is 20.1 Å². The summed E-state index contributed by atoms with van der Waals surface area (Å²) >= 11 is 1.58. The number of aromatic nitrogens is 1. The number of carbonyl (C=O) groups is 2. The smallest absolute Gasteiger partial charge is 0.325 e. The highest BCUT2D eigenvalue weighted by Crippen LogP contribution is 2.34. The summed E-state index contributed by atoms with van der Waals surface area (Å²) in [7, 11) is 0. The lowest BCUT2D eigenvalue weighted by Crippen LogP contribution is -2.53. The number of piperidine rings is 1. The molecule has 2 aromatic heterocycles. The minimum atomic E-state index is -0.805. The number of thiophene rings is 1. The van der Waals surface area contributed by atoms with Gasteiger partial charge in [0.05, 0.1) is 6.54 Å². The van der Waals surface area contributed by atoms with Crippen molar-refractivity contribution in [1.29, 1.82) is 0 Å². The van der Waals surface area contributed by atoms with Crippen molar-refractivity contribution < 1.29 is 9.59 Å². The van der Waals surface area contributed by atoms with Gasteiger partial charge in [-0.2, -0.15) is 11.3 Å². The Morgan fingerprint density at radius 1 is 1.13 bits per heavy atom. The average molecular weight is 423 g/mol. The van der Waals surface area contributed by atoms with Crippen molar-refractivity contribution in [2.45, 2.75) is 38.4 Å². The number of amides is 3. The maximum Gasteiger partial charge on any atom is 0.325 e. The number of nitrogens with one attached hydrogen (secondary N) is 2. The minimum absolute atomic E-state index is 0.0900. The van der Waals surface area contributed by atoms with Gasteiger partial charge in [-0.1, -0.05) is 18.2 Å². The first-order chi connectivity index (χ1) is 14.5. The van der Waals surface area contributed by atoms with Crippen molar-refractivity contribution in [3.63, 3.8) is 0 Å². The topological polar surface area (TPSA) is 68.4 Å². The van der Waals surface area contributed by atoms with Gasteiger partial charge in [0.15, 0.2) is 0 Å². The van der Waals surface area contributed by atoms with E-state index in [1.54, 1.807) is 11.3 Å². The number of H-pyrrole nitrogens is 1. The Morgan fingerprint density at radius 2 is 1.93 bits per heavy atom. The number of likely N-dealkylation sites (tertiary alicyclic amines) is 1. The molecule has 3 amide bonds. The van der Waals surface area contributed by atoms with Crippen LogP contribution in [0.3, 0.4) is 0 Å². The zero-order chi connectivity index (χ0) is 20.7. The fourth-order valence-electron chi connectivity index (χ4n) is 4.83. The summed E-state index contributed by atoms with van der Waals surface area (Å²) in [5.74, 6) is 0.0631. The van der Waals surface area contributed by atoms with Crippen LogP contribution in [0.4, 0.5) is 4.79 Å². The molecule has 30 heavy (non-hydrogen) atoms. The molecule has 0 spiro atoms. The Morgan fingerprint density at radius 3 is 2.67 bits per heavy atom. The van der Waals surface area contributed by atoms with Crippen molar-refractivity contribution in [2.24, 2.45) is 5.92 Å². The minimum Gasteiger partial charge on any atom is -0.357 e. The number of hydrogen-bond acceptors (Lipinski definition) is 4. The van der Waals surface area contributed by atoms with E-state index in [4.69, 9.17) is 0 Å². The van der Waals surface area contributed by atoms with Crippen LogP contribution >= 0.6 is 11.3 Å². The van der Waals surface area contributed by atoms with Crippen LogP contribution in [0, 0.1) is 5.92 Å². The van der Waals surface area contributed by atoms with Crippen molar-refractivity contribution >= 4 is 34.2 Å². The lowest BCUT2D eigenvalue weighted by molar-refractivity contribution is -0.133. The summed E-state index contributed by atoms with van der Waals surface area (Å²) in [5.41, 5.74) is 2.58.